The Morgan fingerprint density at radius 1 is 0.340 bits per heavy atom. The molecule has 2 aliphatic rings. The first-order valence-electron chi connectivity index (χ1n) is 17.0. The second-order valence-electron chi connectivity index (χ2n) is 12.9. The van der Waals surface area contributed by atoms with Crippen LogP contribution in [-0.2, 0) is 5.41 Å². The van der Waals surface area contributed by atoms with E-state index < -0.39 is 5.41 Å². The van der Waals surface area contributed by atoms with E-state index in [4.69, 9.17) is 9.97 Å². The third kappa shape index (κ3) is 4.44. The largest absolute Gasteiger partial charge is 0.228 e. The van der Waals surface area contributed by atoms with Crippen LogP contribution in [0.15, 0.2) is 192 Å². The van der Waals surface area contributed by atoms with Crippen molar-refractivity contribution in [3.63, 3.8) is 0 Å². The van der Waals surface area contributed by atoms with Crippen molar-refractivity contribution in [3.05, 3.63) is 204 Å². The van der Waals surface area contributed by atoms with Gasteiger partial charge in [-0.05, 0) is 68.8 Å². The molecule has 2 heterocycles. The third-order valence-electron chi connectivity index (χ3n) is 10.2. The summed E-state index contributed by atoms with van der Waals surface area (Å²) in [5, 5.41) is 0. The Morgan fingerprint density at radius 3 is 1.50 bits per heavy atom. The zero-order valence-corrected chi connectivity index (χ0v) is 27.9. The van der Waals surface area contributed by atoms with Crippen molar-refractivity contribution in [2.75, 3.05) is 0 Å². The van der Waals surface area contributed by atoms with Crippen molar-refractivity contribution < 1.29 is 0 Å². The van der Waals surface area contributed by atoms with Crippen LogP contribution in [0.5, 0.6) is 0 Å². The number of hydrogen-bond donors (Lipinski definition) is 0. The molecule has 2 nitrogen and oxygen atoms in total. The maximum absolute atomic E-state index is 5.28. The van der Waals surface area contributed by atoms with Gasteiger partial charge in [-0.25, -0.2) is 9.97 Å². The van der Waals surface area contributed by atoms with Crippen LogP contribution >= 0.6 is 11.8 Å². The molecule has 0 N–H and O–H groups in total. The second-order valence-corrected chi connectivity index (χ2v) is 14.0. The number of benzene rings is 7. The molecule has 234 valence electrons. The topological polar surface area (TPSA) is 25.8 Å². The number of aromatic nitrogens is 2. The molecule has 50 heavy (non-hydrogen) atoms. The summed E-state index contributed by atoms with van der Waals surface area (Å²) in [5.41, 5.74) is 14.7. The molecule has 0 bridgehead atoms. The van der Waals surface area contributed by atoms with E-state index in [1.807, 2.05) is 23.9 Å². The fourth-order valence-electron chi connectivity index (χ4n) is 7.94. The van der Waals surface area contributed by atoms with E-state index in [2.05, 4.69) is 170 Å². The van der Waals surface area contributed by atoms with Gasteiger partial charge >= 0.3 is 0 Å². The Kier molecular flexibility index (Phi) is 6.68. The summed E-state index contributed by atoms with van der Waals surface area (Å²) >= 11 is 1.87. The normalized spacial score (nSPS) is 13.3. The van der Waals surface area contributed by atoms with Crippen LogP contribution in [0.25, 0.3) is 56.2 Å². The highest BCUT2D eigenvalue weighted by molar-refractivity contribution is 7.99. The molecule has 0 atom stereocenters. The molecule has 1 aliphatic carbocycles. The average Bonchev–Trinajstić information content (AvgIpc) is 3.48. The number of fused-ring (bicyclic) bond motifs is 9. The van der Waals surface area contributed by atoms with Crippen LogP contribution < -0.4 is 0 Å². The van der Waals surface area contributed by atoms with E-state index in [0.29, 0.717) is 5.82 Å². The zero-order chi connectivity index (χ0) is 33.1. The van der Waals surface area contributed by atoms with Gasteiger partial charge in [-0.1, -0.05) is 169 Å². The molecule has 0 saturated heterocycles. The fourth-order valence-corrected chi connectivity index (χ4v) is 9.13. The minimum absolute atomic E-state index is 0.439. The standard InChI is InChI=1S/C47H30N2S/c1-3-13-31(14-4-1)32-23-25-34(26-24-32)46-48-42(33-15-5-2-6-16-33)30-43(49-46)35-27-28-37-36-17-7-8-18-38(36)47(41(37)29-35)39-19-9-11-21-44(39)50-45-22-12-10-20-40(45)47/h1-30H. The minimum atomic E-state index is -0.439. The fraction of sp³-hybridized carbons (Fsp3) is 0.0213. The smallest absolute Gasteiger partial charge is 0.160 e. The molecule has 8 aromatic rings. The number of nitrogens with zero attached hydrogens (tertiary/aromatic N) is 2. The maximum atomic E-state index is 5.28. The molecule has 1 aromatic heterocycles. The van der Waals surface area contributed by atoms with Gasteiger partial charge in [-0.15, -0.1) is 0 Å². The van der Waals surface area contributed by atoms with Crippen molar-refractivity contribution in [3.8, 4) is 56.2 Å². The minimum Gasteiger partial charge on any atom is -0.228 e. The predicted molar refractivity (Wildman–Crippen MR) is 205 cm³/mol. The van der Waals surface area contributed by atoms with Crippen LogP contribution in [0.3, 0.4) is 0 Å². The quantitative estimate of drug-likeness (QED) is 0.189. The van der Waals surface area contributed by atoms with Gasteiger partial charge in [-0.2, -0.15) is 0 Å². The second kappa shape index (κ2) is 11.5. The summed E-state index contributed by atoms with van der Waals surface area (Å²) in [5.74, 6) is 0.712. The van der Waals surface area contributed by atoms with Crippen molar-refractivity contribution in [2.45, 2.75) is 15.2 Å². The highest BCUT2D eigenvalue weighted by Gasteiger charge is 2.50. The number of hydrogen-bond acceptors (Lipinski definition) is 3. The third-order valence-corrected chi connectivity index (χ3v) is 11.3. The van der Waals surface area contributed by atoms with Crippen molar-refractivity contribution in [1.29, 1.82) is 0 Å². The summed E-state index contributed by atoms with van der Waals surface area (Å²) < 4.78 is 0. The lowest BCUT2D eigenvalue weighted by molar-refractivity contribution is 0.722. The molecule has 10 rings (SSSR count). The van der Waals surface area contributed by atoms with E-state index in [9.17, 15) is 0 Å². The van der Waals surface area contributed by atoms with E-state index >= 15 is 0 Å². The Balaban J connectivity index is 1.19. The van der Waals surface area contributed by atoms with E-state index in [0.717, 1.165) is 28.1 Å². The predicted octanol–water partition coefficient (Wildman–Crippen LogP) is 12.0. The first kappa shape index (κ1) is 28.9. The van der Waals surface area contributed by atoms with Crippen molar-refractivity contribution in [1.82, 2.24) is 9.97 Å². The average molecular weight is 655 g/mol. The monoisotopic (exact) mass is 654 g/mol. The molecule has 0 unspecified atom stereocenters. The molecule has 3 heteroatoms. The Bertz CT molecular complexity index is 2510. The molecule has 0 fully saturated rings. The highest BCUT2D eigenvalue weighted by atomic mass is 32.2. The van der Waals surface area contributed by atoms with Gasteiger partial charge in [0, 0.05) is 26.5 Å². The molecule has 1 spiro atoms. The Hall–Kier alpha value is -6.03. The molecular weight excluding hydrogens is 625 g/mol. The first-order valence-corrected chi connectivity index (χ1v) is 17.8. The van der Waals surface area contributed by atoms with E-state index in [-0.39, 0.29) is 0 Å². The van der Waals surface area contributed by atoms with Gasteiger partial charge in [0.1, 0.15) is 0 Å². The summed E-state index contributed by atoms with van der Waals surface area (Å²) in [6, 6.07) is 65.4. The maximum Gasteiger partial charge on any atom is 0.160 e. The van der Waals surface area contributed by atoms with Crippen molar-refractivity contribution in [2.24, 2.45) is 0 Å². The highest BCUT2D eigenvalue weighted by Crippen LogP contribution is 2.62. The van der Waals surface area contributed by atoms with Gasteiger partial charge in [0.05, 0.1) is 16.8 Å². The molecule has 7 aromatic carbocycles. The summed E-state index contributed by atoms with van der Waals surface area (Å²) in [7, 11) is 0. The van der Waals surface area contributed by atoms with Crippen molar-refractivity contribution >= 4 is 11.8 Å². The van der Waals surface area contributed by atoms with Crippen LogP contribution in [-0.4, -0.2) is 9.97 Å². The number of rotatable bonds is 4. The molecule has 1 aliphatic heterocycles. The van der Waals surface area contributed by atoms with Gasteiger partial charge in [0.25, 0.3) is 0 Å². The van der Waals surface area contributed by atoms with E-state index in [1.165, 1.54) is 54.3 Å². The van der Waals surface area contributed by atoms with Gasteiger partial charge < -0.3 is 0 Å². The molecular formula is C47H30N2S. The summed E-state index contributed by atoms with van der Waals surface area (Å²) in [6.45, 7) is 0. The van der Waals surface area contributed by atoms with Gasteiger partial charge in [-0.3, -0.25) is 0 Å². The van der Waals surface area contributed by atoms with Crippen LogP contribution in [0, 0.1) is 0 Å². The first-order chi connectivity index (χ1) is 24.8. The summed E-state index contributed by atoms with van der Waals surface area (Å²) in [6.07, 6.45) is 0. The van der Waals surface area contributed by atoms with Crippen LogP contribution in [0.2, 0.25) is 0 Å². The zero-order valence-electron chi connectivity index (χ0n) is 27.1. The summed E-state index contributed by atoms with van der Waals surface area (Å²) in [4.78, 5) is 13.0. The lowest BCUT2D eigenvalue weighted by Gasteiger charge is -2.39. The molecule has 0 amide bonds. The Labute approximate surface area is 296 Å². The lowest BCUT2D eigenvalue weighted by Crippen LogP contribution is -2.31. The molecule has 0 radical (unpaired) electrons. The Morgan fingerprint density at radius 2 is 0.820 bits per heavy atom. The van der Waals surface area contributed by atoms with Crippen LogP contribution in [0.4, 0.5) is 0 Å². The van der Waals surface area contributed by atoms with Gasteiger partial charge in [0.2, 0.25) is 0 Å². The SMILES string of the molecule is c1ccc(-c2ccc(-c3nc(-c4ccccc4)cc(-c4ccc5c(c4)C4(c6ccccc6Sc6ccccc64)c4ccccc4-5)n3)cc2)cc1. The van der Waals surface area contributed by atoms with E-state index in [1.54, 1.807) is 0 Å². The van der Waals surface area contributed by atoms with Gasteiger partial charge in [0.15, 0.2) is 5.82 Å². The van der Waals surface area contributed by atoms with Crippen LogP contribution in [0.1, 0.15) is 22.3 Å². The molecule has 0 saturated carbocycles. The lowest BCUT2D eigenvalue weighted by atomic mass is 9.67.